The fourth-order valence-electron chi connectivity index (χ4n) is 6.42. The Morgan fingerprint density at radius 1 is 0.950 bits per heavy atom. The van der Waals surface area contributed by atoms with Crippen LogP contribution >= 0.6 is 0 Å². The van der Waals surface area contributed by atoms with Crippen LogP contribution in [0.25, 0.3) is 0 Å². The van der Waals surface area contributed by atoms with E-state index in [9.17, 15) is 40.6 Å². The molecule has 11 heteroatoms. The number of benzene rings is 2. The van der Waals surface area contributed by atoms with E-state index in [1.165, 1.54) is 25.1 Å². The number of fused-ring (bicyclic) bond motifs is 1. The lowest BCUT2D eigenvalue weighted by Crippen LogP contribution is -2.38. The fourth-order valence-corrected chi connectivity index (χ4v) is 6.42. The third-order valence-electron chi connectivity index (χ3n) is 8.30. The van der Waals surface area contributed by atoms with Crippen molar-refractivity contribution in [2.24, 2.45) is 11.8 Å². The first-order valence-electron chi connectivity index (χ1n) is 13.1. The summed E-state index contributed by atoms with van der Waals surface area (Å²) >= 11 is 0. The Hall–Kier alpha value is -2.92. The molecule has 0 amide bonds. The highest BCUT2D eigenvalue weighted by Crippen LogP contribution is 2.49. The molecule has 2 fully saturated rings. The molecule has 0 bridgehead atoms. The predicted molar refractivity (Wildman–Crippen MR) is 130 cm³/mol. The minimum Gasteiger partial charge on any atom is -0.386 e. The van der Waals surface area contributed by atoms with Crippen LogP contribution in [0.4, 0.5) is 30.7 Å². The Bertz CT molecular complexity index is 1260. The maximum atomic E-state index is 13.8. The van der Waals surface area contributed by atoms with E-state index in [-0.39, 0.29) is 41.6 Å². The van der Waals surface area contributed by atoms with Gasteiger partial charge in [-0.05, 0) is 73.1 Å². The molecule has 4 nitrogen and oxygen atoms in total. The minimum atomic E-state index is -4.97. The van der Waals surface area contributed by atoms with Crippen LogP contribution in [-0.2, 0) is 21.9 Å². The molecule has 216 valence electrons. The lowest BCUT2D eigenvalue weighted by atomic mass is 9.69. The van der Waals surface area contributed by atoms with Gasteiger partial charge in [-0.2, -0.15) is 26.3 Å². The Kier molecular flexibility index (Phi) is 7.50. The van der Waals surface area contributed by atoms with E-state index < -0.39 is 47.6 Å². The second-order valence-corrected chi connectivity index (χ2v) is 10.9. The van der Waals surface area contributed by atoms with Gasteiger partial charge in [-0.15, -0.1) is 0 Å². The third kappa shape index (κ3) is 5.76. The molecular weight excluding hydrogens is 543 g/mol. The van der Waals surface area contributed by atoms with Crippen LogP contribution < -0.4 is 0 Å². The summed E-state index contributed by atoms with van der Waals surface area (Å²) in [5.41, 5.74) is -1.77. The quantitative estimate of drug-likeness (QED) is 0.409. The van der Waals surface area contributed by atoms with Crippen molar-refractivity contribution in [1.29, 1.82) is 0 Å². The number of halogens is 7. The molecule has 0 aromatic heterocycles. The van der Waals surface area contributed by atoms with Crippen molar-refractivity contribution >= 4 is 5.78 Å². The van der Waals surface area contributed by atoms with Crippen LogP contribution in [0.1, 0.15) is 60.5 Å². The summed E-state index contributed by atoms with van der Waals surface area (Å²) in [5.74, 6) is -0.875. The number of allylic oxidation sites excluding steroid dienone is 1. The lowest BCUT2D eigenvalue weighted by Gasteiger charge is -2.41. The molecular formula is C29H28F7NO3. The number of ether oxygens (including phenoxy) is 1. The normalized spacial score (nSPS) is 28.0. The smallest absolute Gasteiger partial charge is 0.386 e. The van der Waals surface area contributed by atoms with Crippen molar-refractivity contribution in [2.45, 2.75) is 62.8 Å². The van der Waals surface area contributed by atoms with Gasteiger partial charge in [-0.25, -0.2) is 4.39 Å². The Morgan fingerprint density at radius 3 is 2.12 bits per heavy atom. The van der Waals surface area contributed by atoms with Gasteiger partial charge in [-0.3, -0.25) is 4.79 Å². The molecule has 1 heterocycles. The SMILES string of the molecule is C[C@@H](O[C@H]1CC[C@@H]2CN(C3=CC(=O)CC3O)C[C@H]2[C@@H]1c1ccc(F)cc1)c1cc(C(F)(F)F)cc(C(F)(F)F)c1. The third-order valence-corrected chi connectivity index (χ3v) is 8.30. The Morgan fingerprint density at radius 2 is 1.57 bits per heavy atom. The van der Waals surface area contributed by atoms with Crippen LogP contribution in [0.5, 0.6) is 0 Å². The van der Waals surface area contributed by atoms with Crippen molar-refractivity contribution in [1.82, 2.24) is 4.90 Å². The maximum absolute atomic E-state index is 13.8. The summed E-state index contributed by atoms with van der Waals surface area (Å²) in [4.78, 5) is 13.8. The number of aliphatic hydroxyl groups excluding tert-OH is 1. The molecule has 0 spiro atoms. The molecule has 6 atom stereocenters. The molecule has 1 N–H and O–H groups in total. The zero-order chi connectivity index (χ0) is 29.0. The predicted octanol–water partition coefficient (Wildman–Crippen LogP) is 6.65. The molecule has 0 radical (unpaired) electrons. The van der Waals surface area contributed by atoms with Crippen LogP contribution in [-0.4, -0.2) is 41.1 Å². The number of nitrogens with zero attached hydrogens (tertiary/aromatic N) is 1. The van der Waals surface area contributed by atoms with Gasteiger partial charge in [0.05, 0.1) is 23.3 Å². The zero-order valence-corrected chi connectivity index (χ0v) is 21.5. The molecule has 40 heavy (non-hydrogen) atoms. The van der Waals surface area contributed by atoms with E-state index in [0.29, 0.717) is 43.8 Å². The molecule has 5 rings (SSSR count). The highest BCUT2D eigenvalue weighted by Gasteiger charge is 2.48. The van der Waals surface area contributed by atoms with Gasteiger partial charge in [0.1, 0.15) is 11.9 Å². The molecule has 2 aromatic carbocycles. The molecule has 1 aliphatic heterocycles. The molecule has 1 saturated heterocycles. The number of carbonyl (C=O) groups is 1. The highest BCUT2D eigenvalue weighted by atomic mass is 19.4. The number of rotatable bonds is 5. The van der Waals surface area contributed by atoms with E-state index in [1.807, 2.05) is 4.90 Å². The Labute approximate surface area is 226 Å². The van der Waals surface area contributed by atoms with E-state index in [0.717, 1.165) is 5.56 Å². The van der Waals surface area contributed by atoms with E-state index in [1.54, 1.807) is 12.1 Å². The number of likely N-dealkylation sites (tertiary alicyclic amines) is 1. The fraction of sp³-hybridized carbons (Fsp3) is 0.483. The molecule has 2 aliphatic carbocycles. The highest BCUT2D eigenvalue weighted by molar-refractivity contribution is 5.93. The molecule has 3 aliphatic rings. The summed E-state index contributed by atoms with van der Waals surface area (Å²) in [7, 11) is 0. The average molecular weight is 572 g/mol. The first kappa shape index (κ1) is 28.6. The van der Waals surface area contributed by atoms with Gasteiger partial charge in [0.2, 0.25) is 0 Å². The van der Waals surface area contributed by atoms with Crippen molar-refractivity contribution < 1.29 is 45.4 Å². The monoisotopic (exact) mass is 571 g/mol. The number of aliphatic hydroxyl groups is 1. The van der Waals surface area contributed by atoms with Gasteiger partial charge >= 0.3 is 12.4 Å². The number of carbonyl (C=O) groups excluding carboxylic acids is 1. The van der Waals surface area contributed by atoms with Gasteiger partial charge in [0.25, 0.3) is 0 Å². The van der Waals surface area contributed by atoms with Crippen molar-refractivity contribution in [3.05, 3.63) is 82.3 Å². The first-order chi connectivity index (χ1) is 18.7. The molecule has 2 aromatic rings. The summed E-state index contributed by atoms with van der Waals surface area (Å²) < 4.78 is 101. The van der Waals surface area contributed by atoms with Crippen LogP contribution in [0.15, 0.2) is 54.2 Å². The standard InChI is InChI=1S/C29H28F7NO3/c1-15(18-8-19(28(31,32)33)10-20(9-18)29(34,35)36)40-26-7-4-17-13-37(24-11-22(38)12-25(24)39)14-23(17)27(26)16-2-5-21(30)6-3-16/h2-3,5-6,8-11,15,17,23,25-27,39H,4,7,12-14H2,1H3/t15-,17-,23-,25?,26+,27+/m1/s1. The van der Waals surface area contributed by atoms with E-state index in [4.69, 9.17) is 4.74 Å². The number of alkyl halides is 6. The number of ketones is 1. The van der Waals surface area contributed by atoms with Crippen molar-refractivity contribution in [3.63, 3.8) is 0 Å². The second kappa shape index (κ2) is 10.5. The van der Waals surface area contributed by atoms with Gasteiger partial charge in [-0.1, -0.05) is 12.1 Å². The van der Waals surface area contributed by atoms with Gasteiger partial charge < -0.3 is 14.7 Å². The maximum Gasteiger partial charge on any atom is 0.416 e. The van der Waals surface area contributed by atoms with Crippen molar-refractivity contribution in [2.75, 3.05) is 13.1 Å². The Balaban J connectivity index is 1.45. The number of hydrogen-bond acceptors (Lipinski definition) is 4. The van der Waals surface area contributed by atoms with Crippen LogP contribution in [0, 0.1) is 17.7 Å². The van der Waals surface area contributed by atoms with E-state index >= 15 is 0 Å². The topological polar surface area (TPSA) is 49.8 Å². The molecule has 1 saturated carbocycles. The average Bonchev–Trinajstić information content (AvgIpc) is 3.45. The van der Waals surface area contributed by atoms with E-state index in [2.05, 4.69) is 0 Å². The second-order valence-electron chi connectivity index (χ2n) is 10.9. The summed E-state index contributed by atoms with van der Waals surface area (Å²) in [6.07, 6.45) is -9.90. The van der Waals surface area contributed by atoms with Crippen LogP contribution in [0.2, 0.25) is 0 Å². The minimum absolute atomic E-state index is 0.0166. The summed E-state index contributed by atoms with van der Waals surface area (Å²) in [6.45, 7) is 2.48. The summed E-state index contributed by atoms with van der Waals surface area (Å²) in [5, 5.41) is 10.4. The summed E-state index contributed by atoms with van der Waals surface area (Å²) in [6, 6.07) is 7.29. The number of hydrogen-bond donors (Lipinski definition) is 1. The molecule has 1 unspecified atom stereocenters. The zero-order valence-electron chi connectivity index (χ0n) is 21.5. The van der Waals surface area contributed by atoms with Gasteiger partial charge in [0, 0.05) is 37.2 Å². The first-order valence-corrected chi connectivity index (χ1v) is 13.1. The lowest BCUT2D eigenvalue weighted by molar-refractivity contribution is -0.143. The largest absolute Gasteiger partial charge is 0.416 e. The van der Waals surface area contributed by atoms with Gasteiger partial charge in [0.15, 0.2) is 5.78 Å². The van der Waals surface area contributed by atoms with Crippen LogP contribution in [0.3, 0.4) is 0 Å². The van der Waals surface area contributed by atoms with Crippen molar-refractivity contribution in [3.8, 4) is 0 Å².